The molecule has 0 heterocycles. The summed E-state index contributed by atoms with van der Waals surface area (Å²) in [6.45, 7) is 7.17. The lowest BCUT2D eigenvalue weighted by Gasteiger charge is -2.23. The standard InChI is InChI=1S/C15H25NO2S/c1-12(2)18-14-8-6-5-7-13(14)9-16-10-15(3,17)11-19-4/h5-8,12,16-17H,9-11H2,1-4H3. The molecule has 2 N–H and O–H groups in total. The maximum absolute atomic E-state index is 10.1. The summed E-state index contributed by atoms with van der Waals surface area (Å²) >= 11 is 1.65. The van der Waals surface area contributed by atoms with Crippen molar-refractivity contribution in [1.29, 1.82) is 0 Å². The van der Waals surface area contributed by atoms with Gasteiger partial charge in [-0.05, 0) is 33.1 Å². The Balaban J connectivity index is 2.53. The van der Waals surface area contributed by atoms with E-state index < -0.39 is 5.60 Å². The highest BCUT2D eigenvalue weighted by atomic mass is 32.2. The highest BCUT2D eigenvalue weighted by molar-refractivity contribution is 7.98. The highest BCUT2D eigenvalue weighted by Crippen LogP contribution is 2.19. The van der Waals surface area contributed by atoms with E-state index in [1.54, 1.807) is 11.8 Å². The first-order chi connectivity index (χ1) is 8.94. The maximum atomic E-state index is 10.1. The Labute approximate surface area is 120 Å². The van der Waals surface area contributed by atoms with Gasteiger partial charge in [0.1, 0.15) is 5.75 Å². The first-order valence-electron chi connectivity index (χ1n) is 6.61. The van der Waals surface area contributed by atoms with Gasteiger partial charge in [-0.1, -0.05) is 18.2 Å². The van der Waals surface area contributed by atoms with Crippen LogP contribution in [0.25, 0.3) is 0 Å². The van der Waals surface area contributed by atoms with Crippen molar-refractivity contribution >= 4 is 11.8 Å². The molecule has 1 aromatic rings. The molecule has 1 rings (SSSR count). The molecule has 1 atom stereocenters. The van der Waals surface area contributed by atoms with Gasteiger partial charge in [-0.25, -0.2) is 0 Å². The van der Waals surface area contributed by atoms with E-state index in [1.165, 1.54) is 0 Å². The van der Waals surface area contributed by atoms with Gasteiger partial charge in [0.15, 0.2) is 0 Å². The molecule has 0 saturated heterocycles. The molecule has 19 heavy (non-hydrogen) atoms. The summed E-state index contributed by atoms with van der Waals surface area (Å²) in [5.41, 5.74) is 0.448. The Bertz CT molecular complexity index is 380. The van der Waals surface area contributed by atoms with Gasteiger partial charge in [0, 0.05) is 24.4 Å². The molecule has 0 spiro atoms. The Morgan fingerprint density at radius 2 is 2.05 bits per heavy atom. The fraction of sp³-hybridized carbons (Fsp3) is 0.600. The first kappa shape index (κ1) is 16.3. The van der Waals surface area contributed by atoms with Crippen LogP contribution < -0.4 is 10.1 Å². The van der Waals surface area contributed by atoms with Crippen LogP contribution in [0.15, 0.2) is 24.3 Å². The molecule has 0 amide bonds. The number of hydrogen-bond donors (Lipinski definition) is 2. The van der Waals surface area contributed by atoms with E-state index in [9.17, 15) is 5.11 Å². The predicted molar refractivity (Wildman–Crippen MR) is 82.9 cm³/mol. The molecule has 0 bridgehead atoms. The summed E-state index contributed by atoms with van der Waals surface area (Å²) in [5.74, 6) is 1.64. The lowest BCUT2D eigenvalue weighted by Crippen LogP contribution is -2.39. The largest absolute Gasteiger partial charge is 0.491 e. The molecule has 0 aromatic heterocycles. The number of thioether (sulfide) groups is 1. The van der Waals surface area contributed by atoms with Crippen molar-refractivity contribution in [3.05, 3.63) is 29.8 Å². The zero-order chi connectivity index (χ0) is 14.3. The van der Waals surface area contributed by atoms with Gasteiger partial charge in [-0.2, -0.15) is 11.8 Å². The van der Waals surface area contributed by atoms with Crippen molar-refractivity contribution in [3.8, 4) is 5.75 Å². The molecule has 4 heteroatoms. The molecular formula is C15H25NO2S. The van der Waals surface area contributed by atoms with Crippen LogP contribution in [0.1, 0.15) is 26.3 Å². The third-order valence-electron chi connectivity index (χ3n) is 2.61. The molecule has 0 aliphatic rings. The van der Waals surface area contributed by atoms with Crippen molar-refractivity contribution in [3.63, 3.8) is 0 Å². The van der Waals surface area contributed by atoms with E-state index >= 15 is 0 Å². The number of hydrogen-bond acceptors (Lipinski definition) is 4. The van der Waals surface area contributed by atoms with Crippen LogP contribution in [-0.2, 0) is 6.54 Å². The van der Waals surface area contributed by atoms with Crippen LogP contribution in [-0.4, -0.2) is 35.4 Å². The topological polar surface area (TPSA) is 41.5 Å². The van der Waals surface area contributed by atoms with Gasteiger partial charge >= 0.3 is 0 Å². The Kier molecular flexibility index (Phi) is 6.69. The number of aliphatic hydroxyl groups is 1. The Hall–Kier alpha value is -0.710. The lowest BCUT2D eigenvalue weighted by molar-refractivity contribution is 0.0844. The van der Waals surface area contributed by atoms with E-state index in [4.69, 9.17) is 4.74 Å². The molecule has 1 unspecified atom stereocenters. The van der Waals surface area contributed by atoms with Crippen LogP contribution >= 0.6 is 11.8 Å². The SMILES string of the molecule is CSCC(C)(O)CNCc1ccccc1OC(C)C. The molecule has 3 nitrogen and oxygen atoms in total. The summed E-state index contributed by atoms with van der Waals surface area (Å²) in [4.78, 5) is 0. The minimum atomic E-state index is -0.673. The summed E-state index contributed by atoms with van der Waals surface area (Å²) in [7, 11) is 0. The van der Waals surface area contributed by atoms with Crippen molar-refractivity contribution < 1.29 is 9.84 Å². The molecule has 0 saturated carbocycles. The van der Waals surface area contributed by atoms with Gasteiger partial charge in [-0.15, -0.1) is 0 Å². The smallest absolute Gasteiger partial charge is 0.124 e. The van der Waals surface area contributed by atoms with Gasteiger partial charge in [0.25, 0.3) is 0 Å². The zero-order valence-electron chi connectivity index (χ0n) is 12.3. The predicted octanol–water partition coefficient (Wildman–Crippen LogP) is 2.68. The van der Waals surface area contributed by atoms with Crippen LogP contribution in [0.5, 0.6) is 5.75 Å². The molecule has 1 aromatic carbocycles. The van der Waals surface area contributed by atoms with Gasteiger partial charge < -0.3 is 15.2 Å². The third-order valence-corrected chi connectivity index (χ3v) is 3.52. The fourth-order valence-electron chi connectivity index (χ4n) is 1.85. The summed E-state index contributed by atoms with van der Waals surface area (Å²) < 4.78 is 5.77. The van der Waals surface area contributed by atoms with E-state index in [2.05, 4.69) is 5.32 Å². The summed E-state index contributed by atoms with van der Waals surface area (Å²) in [6.07, 6.45) is 2.17. The van der Waals surface area contributed by atoms with E-state index in [1.807, 2.05) is 51.3 Å². The van der Waals surface area contributed by atoms with Crippen molar-refractivity contribution in [1.82, 2.24) is 5.32 Å². The molecule has 108 valence electrons. The van der Waals surface area contributed by atoms with Gasteiger partial charge in [0.05, 0.1) is 11.7 Å². The van der Waals surface area contributed by atoms with E-state index in [0.717, 1.165) is 17.1 Å². The third kappa shape index (κ3) is 6.32. The number of rotatable bonds is 8. The maximum Gasteiger partial charge on any atom is 0.124 e. The second kappa shape index (κ2) is 7.78. The number of benzene rings is 1. The zero-order valence-corrected chi connectivity index (χ0v) is 13.1. The second-order valence-corrected chi connectivity index (χ2v) is 6.17. The lowest BCUT2D eigenvalue weighted by atomic mass is 10.1. The average molecular weight is 283 g/mol. The molecular weight excluding hydrogens is 258 g/mol. The summed E-state index contributed by atoms with van der Waals surface area (Å²) in [6, 6.07) is 8.01. The van der Waals surface area contributed by atoms with Crippen molar-refractivity contribution in [2.24, 2.45) is 0 Å². The molecule has 0 aliphatic heterocycles. The second-order valence-electron chi connectivity index (χ2n) is 5.31. The Morgan fingerprint density at radius 3 is 2.68 bits per heavy atom. The highest BCUT2D eigenvalue weighted by Gasteiger charge is 2.18. The van der Waals surface area contributed by atoms with Gasteiger partial charge in [0.2, 0.25) is 0 Å². The first-order valence-corrected chi connectivity index (χ1v) is 8.00. The van der Waals surface area contributed by atoms with Crippen molar-refractivity contribution in [2.45, 2.75) is 39.0 Å². The number of nitrogens with one attached hydrogen (secondary N) is 1. The van der Waals surface area contributed by atoms with Crippen LogP contribution in [0, 0.1) is 0 Å². The monoisotopic (exact) mass is 283 g/mol. The quantitative estimate of drug-likeness (QED) is 0.769. The summed E-state index contributed by atoms with van der Waals surface area (Å²) in [5, 5.41) is 13.4. The fourth-order valence-corrected chi connectivity index (χ4v) is 2.57. The normalized spacial score (nSPS) is 14.4. The van der Waals surface area contributed by atoms with E-state index in [0.29, 0.717) is 13.1 Å². The number of ether oxygens (including phenoxy) is 1. The number of para-hydroxylation sites is 1. The van der Waals surface area contributed by atoms with Crippen molar-refractivity contribution in [2.75, 3.05) is 18.6 Å². The average Bonchev–Trinajstić information content (AvgIpc) is 2.30. The van der Waals surface area contributed by atoms with Crippen LogP contribution in [0.2, 0.25) is 0 Å². The molecule has 0 fully saturated rings. The molecule has 0 aliphatic carbocycles. The minimum absolute atomic E-state index is 0.167. The van der Waals surface area contributed by atoms with Crippen LogP contribution in [0.4, 0.5) is 0 Å². The molecule has 0 radical (unpaired) electrons. The Morgan fingerprint density at radius 1 is 1.37 bits per heavy atom. The van der Waals surface area contributed by atoms with E-state index in [-0.39, 0.29) is 6.10 Å². The van der Waals surface area contributed by atoms with Crippen LogP contribution in [0.3, 0.4) is 0 Å². The van der Waals surface area contributed by atoms with Gasteiger partial charge in [-0.3, -0.25) is 0 Å². The minimum Gasteiger partial charge on any atom is -0.491 e.